The van der Waals surface area contributed by atoms with Gasteiger partial charge < -0.3 is 9.96 Å². The summed E-state index contributed by atoms with van der Waals surface area (Å²) in [5.41, 5.74) is 2.68. The number of aryl methyl sites for hydroxylation is 1. The molecule has 0 N–H and O–H groups in total. The molecule has 0 aromatic carbocycles. The Hall–Kier alpha value is -0.827. The summed E-state index contributed by atoms with van der Waals surface area (Å²) in [6.45, 7) is 19.2. The zero-order valence-corrected chi connectivity index (χ0v) is 19.9. The van der Waals surface area contributed by atoms with Gasteiger partial charge in [-0.2, -0.15) is 0 Å². The summed E-state index contributed by atoms with van der Waals surface area (Å²) in [6, 6.07) is 11.6. The van der Waals surface area contributed by atoms with Crippen LogP contribution in [0.25, 0.3) is 9.96 Å². The molecule has 7 heteroatoms. The minimum Gasteiger partial charge on any atom is -0.668 e. The van der Waals surface area contributed by atoms with Crippen LogP contribution in [0.2, 0.25) is 39.3 Å². The first-order chi connectivity index (χ1) is 11.6. The average molecular weight is 426 g/mol. The van der Waals surface area contributed by atoms with E-state index >= 15 is 0 Å². The summed E-state index contributed by atoms with van der Waals surface area (Å²) in [5.74, 6) is 0. The van der Waals surface area contributed by atoms with Gasteiger partial charge in [-0.25, -0.2) is 0 Å². The Morgan fingerprint density at radius 3 is 1.85 bits per heavy atom. The standard InChI is InChI=1S/C13H12N3.C6H18NSi2.Fe/c1-11-5-4-7-13(16-11)10-14-9-12-6-2-3-8-15-12;1-8(2,3)7-9(4,5)6;/h2-10H,1H3;1-6H3;/q2*-1;+2. The number of hydrogen-bond acceptors (Lipinski definition) is 2. The van der Waals surface area contributed by atoms with Crippen LogP contribution in [0.3, 0.4) is 0 Å². The Balaban J connectivity index is 0.000000543. The van der Waals surface area contributed by atoms with Gasteiger partial charge >= 0.3 is 17.1 Å². The van der Waals surface area contributed by atoms with E-state index < -0.39 is 16.5 Å². The summed E-state index contributed by atoms with van der Waals surface area (Å²) >= 11 is 0. The third-order valence-electron chi connectivity index (χ3n) is 2.68. The van der Waals surface area contributed by atoms with E-state index in [0.717, 1.165) is 17.1 Å². The molecule has 0 bridgehead atoms. The van der Waals surface area contributed by atoms with E-state index in [2.05, 4.69) is 54.6 Å². The van der Waals surface area contributed by atoms with Gasteiger partial charge in [-0.3, -0.25) is 9.97 Å². The maximum atomic E-state index is 4.82. The van der Waals surface area contributed by atoms with Crippen molar-refractivity contribution in [3.63, 3.8) is 0 Å². The van der Waals surface area contributed by atoms with Gasteiger partial charge in [-0.05, 0) is 31.2 Å². The zero-order chi connectivity index (χ0) is 18.9. The molecule has 0 amide bonds. The first-order valence-corrected chi connectivity index (χ1v) is 15.4. The molecule has 2 rings (SSSR count). The second-order valence-corrected chi connectivity index (χ2v) is 17.4. The molecule has 2 heterocycles. The topological polar surface area (TPSA) is 54.0 Å². The molecule has 0 unspecified atom stereocenters. The van der Waals surface area contributed by atoms with Crippen molar-refractivity contribution in [2.75, 3.05) is 0 Å². The average Bonchev–Trinajstić information content (AvgIpc) is 2.45. The quantitative estimate of drug-likeness (QED) is 0.540. The molecule has 26 heavy (non-hydrogen) atoms. The summed E-state index contributed by atoms with van der Waals surface area (Å²) in [5, 5.41) is 4.18. The zero-order valence-electron chi connectivity index (χ0n) is 16.8. The molecule has 0 spiro atoms. The third-order valence-corrected chi connectivity index (χ3v) is 8.05. The first kappa shape index (κ1) is 25.2. The van der Waals surface area contributed by atoms with Crippen molar-refractivity contribution >= 4 is 16.5 Å². The smallest absolute Gasteiger partial charge is 0.668 e. The third kappa shape index (κ3) is 13.4. The predicted octanol–water partition coefficient (Wildman–Crippen LogP) is 5.91. The van der Waals surface area contributed by atoms with Crippen LogP contribution in [0.4, 0.5) is 0 Å². The van der Waals surface area contributed by atoms with Crippen molar-refractivity contribution in [3.05, 3.63) is 82.7 Å². The fraction of sp³-hybridized carbons (Fsp3) is 0.368. The van der Waals surface area contributed by atoms with Gasteiger partial charge in [0.2, 0.25) is 0 Å². The van der Waals surface area contributed by atoms with Crippen molar-refractivity contribution < 1.29 is 17.1 Å². The molecule has 0 aliphatic carbocycles. The Morgan fingerprint density at radius 2 is 1.38 bits per heavy atom. The van der Waals surface area contributed by atoms with Crippen LogP contribution in [0.15, 0.2) is 42.6 Å². The largest absolute Gasteiger partial charge is 2.00 e. The Kier molecular flexibility index (Phi) is 11.4. The minimum absolute atomic E-state index is 0. The molecular formula is C19H30FeN4Si2. The second-order valence-electron chi connectivity index (χ2n) is 7.82. The molecule has 0 atom stereocenters. The first-order valence-electron chi connectivity index (χ1n) is 8.50. The van der Waals surface area contributed by atoms with Gasteiger partial charge in [0.25, 0.3) is 0 Å². The van der Waals surface area contributed by atoms with E-state index in [0.29, 0.717) is 0 Å². The number of pyridine rings is 2. The van der Waals surface area contributed by atoms with E-state index in [1.54, 1.807) is 19.3 Å². The van der Waals surface area contributed by atoms with Gasteiger partial charge in [0.1, 0.15) is 0 Å². The van der Waals surface area contributed by atoms with Gasteiger partial charge in [-0.1, -0.05) is 67.9 Å². The minimum atomic E-state index is -1.11. The van der Waals surface area contributed by atoms with Gasteiger partial charge in [0, 0.05) is 23.3 Å². The van der Waals surface area contributed by atoms with Crippen molar-refractivity contribution in [2.24, 2.45) is 0 Å². The van der Waals surface area contributed by atoms with Crippen LogP contribution >= 0.6 is 0 Å². The SMILES string of the molecule is C[Si](C)(C)[N-][Si](C)(C)C.Cc1cccc([CH][N-][CH]c2ccccn2)n1.[Fe+2]. The Labute approximate surface area is 172 Å². The second kappa shape index (κ2) is 11.8. The Bertz CT molecular complexity index is 613. The molecule has 2 aromatic heterocycles. The summed E-state index contributed by atoms with van der Waals surface area (Å²) in [4.78, 5) is 8.45. The summed E-state index contributed by atoms with van der Waals surface area (Å²) in [7, 11) is -2.21. The van der Waals surface area contributed by atoms with Crippen LogP contribution in [-0.2, 0) is 17.1 Å². The maximum Gasteiger partial charge on any atom is 2.00 e. The molecule has 0 aliphatic rings. The van der Waals surface area contributed by atoms with Gasteiger partial charge in [0.15, 0.2) is 0 Å². The molecule has 0 saturated carbocycles. The molecule has 142 valence electrons. The number of nitrogens with zero attached hydrogens (tertiary/aromatic N) is 4. The fourth-order valence-corrected chi connectivity index (χ4v) is 10.3. The van der Waals surface area contributed by atoms with E-state index in [1.807, 2.05) is 43.3 Å². The van der Waals surface area contributed by atoms with E-state index in [-0.39, 0.29) is 17.1 Å². The van der Waals surface area contributed by atoms with Crippen LogP contribution < -0.4 is 0 Å². The van der Waals surface area contributed by atoms with Crippen LogP contribution in [-0.4, -0.2) is 26.4 Å². The number of aromatic nitrogens is 2. The van der Waals surface area contributed by atoms with Crippen LogP contribution in [0, 0.1) is 20.0 Å². The Morgan fingerprint density at radius 1 is 0.808 bits per heavy atom. The van der Waals surface area contributed by atoms with Crippen LogP contribution in [0.5, 0.6) is 0 Å². The van der Waals surface area contributed by atoms with Gasteiger partial charge in [-0.15, -0.1) is 13.1 Å². The fourth-order valence-electron chi connectivity index (χ4n) is 2.28. The molecule has 4 nitrogen and oxygen atoms in total. The van der Waals surface area contributed by atoms with Crippen molar-refractivity contribution in [2.45, 2.75) is 46.2 Å². The van der Waals surface area contributed by atoms with Crippen molar-refractivity contribution in [1.29, 1.82) is 0 Å². The van der Waals surface area contributed by atoms with E-state index in [1.165, 1.54) is 0 Å². The summed E-state index contributed by atoms with van der Waals surface area (Å²) < 4.78 is 4.82. The summed E-state index contributed by atoms with van der Waals surface area (Å²) in [6.07, 6.45) is 1.74. The van der Waals surface area contributed by atoms with E-state index in [4.69, 9.17) is 4.65 Å². The predicted molar refractivity (Wildman–Crippen MR) is 113 cm³/mol. The van der Waals surface area contributed by atoms with Crippen LogP contribution in [0.1, 0.15) is 17.1 Å². The maximum absolute atomic E-state index is 4.82. The number of hydrogen-bond donors (Lipinski definition) is 0. The van der Waals surface area contributed by atoms with Crippen molar-refractivity contribution in [1.82, 2.24) is 9.97 Å². The van der Waals surface area contributed by atoms with Gasteiger partial charge in [0.05, 0.1) is 0 Å². The molecular weight excluding hydrogens is 396 g/mol. The van der Waals surface area contributed by atoms with E-state index in [9.17, 15) is 0 Å². The molecule has 2 aromatic rings. The monoisotopic (exact) mass is 426 g/mol. The molecule has 0 fully saturated rings. The van der Waals surface area contributed by atoms with Crippen molar-refractivity contribution in [3.8, 4) is 0 Å². The molecule has 0 saturated heterocycles. The number of rotatable bonds is 6. The molecule has 0 aliphatic heterocycles. The normalized spacial score (nSPS) is 11.2. The molecule has 2 radical (unpaired) electrons.